The van der Waals surface area contributed by atoms with Gasteiger partial charge in [-0.2, -0.15) is 5.10 Å². The number of rotatable bonds is 1. The summed E-state index contributed by atoms with van der Waals surface area (Å²) >= 11 is 0. The van der Waals surface area contributed by atoms with Gasteiger partial charge in [-0.05, 0) is 24.3 Å². The SMILES string of the molecule is N/N=C(\N)c1ccccn1.NN.O.[C-]#[N+]c1ccccn1. The molecule has 0 bridgehead atoms. The third kappa shape index (κ3) is 8.62. The molecule has 2 heterocycles. The molecule has 0 aliphatic rings. The summed E-state index contributed by atoms with van der Waals surface area (Å²) in [5, 5.41) is 3.29. The van der Waals surface area contributed by atoms with Crippen LogP contribution in [0.1, 0.15) is 5.69 Å². The van der Waals surface area contributed by atoms with Crippen LogP contribution < -0.4 is 23.3 Å². The van der Waals surface area contributed by atoms with Crippen LogP contribution in [0, 0.1) is 6.57 Å². The minimum absolute atomic E-state index is 0. The van der Waals surface area contributed by atoms with Crippen LogP contribution in [0.2, 0.25) is 0 Å². The molecule has 2 aromatic rings. The zero-order chi connectivity index (χ0) is 15.2. The van der Waals surface area contributed by atoms with E-state index in [1.54, 1.807) is 42.7 Å². The molecule has 0 saturated carbocycles. The predicted molar refractivity (Wildman–Crippen MR) is 81.6 cm³/mol. The highest BCUT2D eigenvalue weighted by molar-refractivity contribution is 5.95. The summed E-state index contributed by atoms with van der Waals surface area (Å²) in [6.07, 6.45) is 3.24. The van der Waals surface area contributed by atoms with Gasteiger partial charge in [-0.25, -0.2) is 0 Å². The van der Waals surface area contributed by atoms with Gasteiger partial charge in [-0.1, -0.05) is 18.7 Å². The van der Waals surface area contributed by atoms with Gasteiger partial charge < -0.3 is 21.9 Å². The predicted octanol–water partition coefficient (Wildman–Crippen LogP) is -0.713. The Labute approximate surface area is 122 Å². The highest BCUT2D eigenvalue weighted by Gasteiger charge is 1.94. The van der Waals surface area contributed by atoms with Crippen LogP contribution in [0.4, 0.5) is 5.82 Å². The Kier molecular flexibility index (Phi) is 12.9. The first-order chi connectivity index (χ1) is 9.77. The molecular weight excluding hydrogens is 272 g/mol. The average Bonchev–Trinajstić information content (AvgIpc) is 2.58. The number of hydrogen-bond donors (Lipinski definition) is 4. The molecule has 0 aromatic carbocycles. The van der Waals surface area contributed by atoms with Crippen molar-refractivity contribution in [2.75, 3.05) is 0 Å². The minimum Gasteiger partial charge on any atom is -0.412 e. The number of hydrazone groups is 1. The van der Waals surface area contributed by atoms with Crippen molar-refractivity contribution < 1.29 is 5.48 Å². The van der Waals surface area contributed by atoms with E-state index in [2.05, 4.69) is 31.6 Å². The minimum atomic E-state index is 0. The van der Waals surface area contributed by atoms with Gasteiger partial charge >= 0.3 is 0 Å². The van der Waals surface area contributed by atoms with Crippen LogP contribution in [0.25, 0.3) is 4.85 Å². The molecule has 2 aromatic heterocycles. The summed E-state index contributed by atoms with van der Waals surface area (Å²) in [6, 6.07) is 10.6. The first-order valence-electron chi connectivity index (χ1n) is 5.34. The summed E-state index contributed by atoms with van der Waals surface area (Å²) in [5.41, 5.74) is 5.96. The second-order valence-corrected chi connectivity index (χ2v) is 3.03. The third-order valence-corrected chi connectivity index (χ3v) is 1.83. The molecular formula is C12H18N8O. The number of pyridine rings is 2. The largest absolute Gasteiger partial charge is 0.412 e. The molecule has 2 rings (SSSR count). The maximum atomic E-state index is 6.51. The van der Waals surface area contributed by atoms with E-state index in [-0.39, 0.29) is 11.3 Å². The maximum absolute atomic E-state index is 6.51. The monoisotopic (exact) mass is 290 g/mol. The lowest BCUT2D eigenvalue weighted by Gasteiger charge is -1.94. The van der Waals surface area contributed by atoms with Crippen LogP contribution in [-0.2, 0) is 0 Å². The van der Waals surface area contributed by atoms with Crippen molar-refractivity contribution in [2.45, 2.75) is 0 Å². The molecule has 0 fully saturated rings. The van der Waals surface area contributed by atoms with Crippen molar-refractivity contribution in [1.29, 1.82) is 0 Å². The highest BCUT2D eigenvalue weighted by Crippen LogP contribution is 2.02. The lowest BCUT2D eigenvalue weighted by atomic mass is 10.3. The van der Waals surface area contributed by atoms with Gasteiger partial charge in [0.1, 0.15) is 11.9 Å². The van der Waals surface area contributed by atoms with Gasteiger partial charge in [0.2, 0.25) is 0 Å². The number of nitrogens with two attached hydrogens (primary N) is 4. The first kappa shape index (κ1) is 20.3. The Hall–Kier alpha value is -3.06. The fourth-order valence-electron chi connectivity index (χ4n) is 1.00. The van der Waals surface area contributed by atoms with E-state index in [1.807, 2.05) is 6.07 Å². The van der Waals surface area contributed by atoms with E-state index in [9.17, 15) is 0 Å². The summed E-state index contributed by atoms with van der Waals surface area (Å²) < 4.78 is 0. The van der Waals surface area contributed by atoms with Crippen molar-refractivity contribution in [3.63, 3.8) is 0 Å². The van der Waals surface area contributed by atoms with Crippen molar-refractivity contribution >= 4 is 11.7 Å². The van der Waals surface area contributed by atoms with Crippen molar-refractivity contribution in [3.8, 4) is 0 Å². The van der Waals surface area contributed by atoms with E-state index in [1.165, 1.54) is 0 Å². The summed E-state index contributed by atoms with van der Waals surface area (Å²) in [7, 11) is 0. The highest BCUT2D eigenvalue weighted by atomic mass is 16.0. The molecule has 21 heavy (non-hydrogen) atoms. The third-order valence-electron chi connectivity index (χ3n) is 1.83. The topological polar surface area (TPSA) is 178 Å². The fraction of sp³-hybridized carbons (Fsp3) is 0. The standard InChI is InChI=1S/C6H8N4.C6H4N2.H4N2.H2O/c7-6(10-8)5-3-1-2-4-9-5;1-7-6-4-2-3-5-8-6;1-2;/h1-4H,8H2,(H2,7,10);2-5H;1-2H2;1H2. The van der Waals surface area contributed by atoms with Crippen LogP contribution in [-0.4, -0.2) is 21.3 Å². The molecule has 9 nitrogen and oxygen atoms in total. The van der Waals surface area contributed by atoms with E-state index in [0.29, 0.717) is 11.5 Å². The quantitative estimate of drug-likeness (QED) is 0.177. The van der Waals surface area contributed by atoms with Crippen LogP contribution in [0.15, 0.2) is 53.9 Å². The van der Waals surface area contributed by atoms with E-state index in [4.69, 9.17) is 18.1 Å². The van der Waals surface area contributed by atoms with Gasteiger partial charge in [-0.15, -0.1) is 4.98 Å². The number of hydrazine groups is 1. The van der Waals surface area contributed by atoms with Crippen LogP contribution in [0.5, 0.6) is 0 Å². The van der Waals surface area contributed by atoms with Gasteiger partial charge in [0.25, 0.3) is 5.82 Å². The van der Waals surface area contributed by atoms with Gasteiger partial charge in [-0.3, -0.25) is 16.7 Å². The normalized spacial score (nSPS) is 8.71. The zero-order valence-electron chi connectivity index (χ0n) is 11.2. The van der Waals surface area contributed by atoms with Gasteiger partial charge in [0, 0.05) is 6.20 Å². The molecule has 0 atom stereocenters. The van der Waals surface area contributed by atoms with Crippen LogP contribution in [0.3, 0.4) is 0 Å². The first-order valence-corrected chi connectivity index (χ1v) is 5.34. The second-order valence-electron chi connectivity index (χ2n) is 3.03. The lowest BCUT2D eigenvalue weighted by molar-refractivity contribution is 0.824. The molecule has 0 radical (unpaired) electrons. The Morgan fingerprint density at radius 1 is 1.05 bits per heavy atom. The average molecular weight is 290 g/mol. The Morgan fingerprint density at radius 3 is 1.95 bits per heavy atom. The molecule has 9 heteroatoms. The van der Waals surface area contributed by atoms with Gasteiger partial charge in [0.15, 0.2) is 5.84 Å². The Morgan fingerprint density at radius 2 is 1.62 bits per heavy atom. The van der Waals surface area contributed by atoms with Crippen molar-refractivity contribution in [3.05, 3.63) is 65.9 Å². The molecule has 10 N–H and O–H groups in total. The maximum Gasteiger partial charge on any atom is 0.269 e. The Bertz CT molecular complexity index is 538. The summed E-state index contributed by atoms with van der Waals surface area (Å²) in [4.78, 5) is 10.8. The van der Waals surface area contributed by atoms with Gasteiger partial charge in [0.05, 0.1) is 0 Å². The summed E-state index contributed by atoms with van der Waals surface area (Å²) in [6.45, 7) is 6.51. The Balaban J connectivity index is 0. The number of amidine groups is 1. The molecule has 0 saturated heterocycles. The molecule has 0 aliphatic carbocycles. The molecule has 0 unspecified atom stereocenters. The van der Waals surface area contributed by atoms with Crippen molar-refractivity contribution in [2.24, 2.45) is 28.4 Å². The smallest absolute Gasteiger partial charge is 0.269 e. The van der Waals surface area contributed by atoms with E-state index >= 15 is 0 Å². The lowest BCUT2D eigenvalue weighted by Crippen LogP contribution is -2.16. The zero-order valence-corrected chi connectivity index (χ0v) is 11.2. The van der Waals surface area contributed by atoms with Crippen molar-refractivity contribution in [1.82, 2.24) is 9.97 Å². The molecule has 0 aliphatic heterocycles. The summed E-state index contributed by atoms with van der Waals surface area (Å²) in [5.74, 6) is 13.6. The number of hydrogen-bond acceptors (Lipinski definition) is 6. The molecule has 0 spiro atoms. The fourth-order valence-corrected chi connectivity index (χ4v) is 1.00. The number of aromatic nitrogens is 2. The van der Waals surface area contributed by atoms with E-state index in [0.717, 1.165) is 0 Å². The number of nitrogens with zero attached hydrogens (tertiary/aromatic N) is 4. The molecule has 112 valence electrons. The van der Waals surface area contributed by atoms with Crippen LogP contribution >= 0.6 is 0 Å². The molecule has 0 amide bonds. The second kappa shape index (κ2) is 13.4. The van der Waals surface area contributed by atoms with E-state index < -0.39 is 0 Å².